The second kappa shape index (κ2) is 5.79. The van der Waals surface area contributed by atoms with Gasteiger partial charge in [0.1, 0.15) is 5.75 Å². The Hall–Kier alpha value is -2.77. The van der Waals surface area contributed by atoms with Crippen LogP contribution in [0.4, 0.5) is 13.2 Å². The summed E-state index contributed by atoms with van der Waals surface area (Å²) in [7, 11) is 1.82. The molecule has 8 heteroatoms. The molecule has 2 heterocycles. The van der Waals surface area contributed by atoms with Crippen molar-refractivity contribution in [1.29, 1.82) is 0 Å². The first kappa shape index (κ1) is 15.1. The minimum Gasteiger partial charge on any atom is -0.406 e. The van der Waals surface area contributed by atoms with Gasteiger partial charge in [0.25, 0.3) is 0 Å². The van der Waals surface area contributed by atoms with Crippen LogP contribution in [-0.2, 0) is 13.6 Å². The largest absolute Gasteiger partial charge is 0.573 e. The molecule has 0 unspecified atom stereocenters. The van der Waals surface area contributed by atoms with Crippen molar-refractivity contribution >= 4 is 0 Å². The Bertz CT molecular complexity index is 807. The van der Waals surface area contributed by atoms with E-state index in [1.807, 2.05) is 19.3 Å². The summed E-state index contributed by atoms with van der Waals surface area (Å²) in [4.78, 5) is 0. The van der Waals surface area contributed by atoms with Crippen LogP contribution < -0.4 is 4.74 Å². The highest BCUT2D eigenvalue weighted by atomic mass is 19.4. The summed E-state index contributed by atoms with van der Waals surface area (Å²) in [6, 6.07) is 7.67. The fourth-order valence-electron chi connectivity index (χ4n) is 2.19. The average molecular weight is 322 g/mol. The molecule has 0 fully saturated rings. The maximum absolute atomic E-state index is 12.3. The average Bonchev–Trinajstić information content (AvgIpc) is 3.07. The maximum Gasteiger partial charge on any atom is 0.573 e. The SMILES string of the molecule is Cn1ccc(Cn2cc(-c3cccc(OC(F)(F)F)c3)cn2)n1. The van der Waals surface area contributed by atoms with Gasteiger partial charge in [0.05, 0.1) is 18.4 Å². The molecule has 3 rings (SSSR count). The Labute approximate surface area is 129 Å². The highest BCUT2D eigenvalue weighted by Gasteiger charge is 2.31. The van der Waals surface area contributed by atoms with Gasteiger partial charge >= 0.3 is 6.36 Å². The number of aromatic nitrogens is 4. The van der Waals surface area contributed by atoms with E-state index in [0.29, 0.717) is 17.7 Å². The number of halogens is 3. The zero-order valence-corrected chi connectivity index (χ0v) is 12.2. The van der Waals surface area contributed by atoms with Crippen LogP contribution in [0.5, 0.6) is 5.75 Å². The Kier molecular flexibility index (Phi) is 3.81. The number of alkyl halides is 3. The molecule has 0 spiro atoms. The number of nitrogens with zero attached hydrogens (tertiary/aromatic N) is 4. The minimum atomic E-state index is -4.71. The molecule has 1 aromatic carbocycles. The normalized spacial score (nSPS) is 11.7. The Balaban J connectivity index is 1.78. The molecule has 0 aliphatic heterocycles. The van der Waals surface area contributed by atoms with Gasteiger partial charge < -0.3 is 4.74 Å². The van der Waals surface area contributed by atoms with E-state index < -0.39 is 6.36 Å². The monoisotopic (exact) mass is 322 g/mol. The molecule has 3 aromatic rings. The van der Waals surface area contributed by atoms with Crippen LogP contribution in [-0.4, -0.2) is 25.9 Å². The molecule has 0 N–H and O–H groups in total. The summed E-state index contributed by atoms with van der Waals surface area (Å²) in [6.07, 6.45) is 0.469. The van der Waals surface area contributed by atoms with Crippen molar-refractivity contribution in [3.63, 3.8) is 0 Å². The third-order valence-electron chi connectivity index (χ3n) is 3.13. The summed E-state index contributed by atoms with van der Waals surface area (Å²) in [5, 5.41) is 8.46. The van der Waals surface area contributed by atoms with E-state index in [4.69, 9.17) is 0 Å². The molecule has 0 aliphatic carbocycles. The number of rotatable bonds is 4. The van der Waals surface area contributed by atoms with Crippen molar-refractivity contribution < 1.29 is 17.9 Å². The number of aryl methyl sites for hydroxylation is 1. The van der Waals surface area contributed by atoms with Crippen molar-refractivity contribution in [2.45, 2.75) is 12.9 Å². The van der Waals surface area contributed by atoms with Crippen LogP contribution in [0.25, 0.3) is 11.1 Å². The zero-order valence-electron chi connectivity index (χ0n) is 12.2. The van der Waals surface area contributed by atoms with Gasteiger partial charge in [0.15, 0.2) is 0 Å². The van der Waals surface area contributed by atoms with Gasteiger partial charge in [-0.1, -0.05) is 12.1 Å². The standard InChI is InChI=1S/C15H13F3N4O/c1-21-6-5-13(20-21)10-22-9-12(8-19-22)11-3-2-4-14(7-11)23-15(16,17)18/h2-9H,10H2,1H3. The van der Waals surface area contributed by atoms with Gasteiger partial charge in [-0.05, 0) is 23.8 Å². The Morgan fingerprint density at radius 1 is 1.17 bits per heavy atom. The van der Waals surface area contributed by atoms with E-state index in [0.717, 1.165) is 5.69 Å². The van der Waals surface area contributed by atoms with E-state index in [1.165, 1.54) is 18.2 Å². The van der Waals surface area contributed by atoms with Crippen molar-refractivity contribution in [1.82, 2.24) is 19.6 Å². The van der Waals surface area contributed by atoms with Crippen molar-refractivity contribution in [3.8, 4) is 16.9 Å². The van der Waals surface area contributed by atoms with Crippen LogP contribution in [0.1, 0.15) is 5.69 Å². The molecule has 120 valence electrons. The molecule has 2 aromatic heterocycles. The summed E-state index contributed by atoms with van der Waals surface area (Å²) in [5.41, 5.74) is 2.14. The van der Waals surface area contributed by atoms with Gasteiger partial charge in [-0.25, -0.2) is 0 Å². The van der Waals surface area contributed by atoms with Crippen LogP contribution in [0.15, 0.2) is 48.9 Å². The van der Waals surface area contributed by atoms with Gasteiger partial charge in [0, 0.05) is 25.0 Å². The first-order valence-corrected chi connectivity index (χ1v) is 6.76. The lowest BCUT2D eigenvalue weighted by molar-refractivity contribution is -0.274. The van der Waals surface area contributed by atoms with E-state index in [9.17, 15) is 13.2 Å². The first-order chi connectivity index (χ1) is 10.9. The molecule has 0 amide bonds. The second-order valence-electron chi connectivity index (χ2n) is 4.98. The lowest BCUT2D eigenvalue weighted by Crippen LogP contribution is -2.17. The smallest absolute Gasteiger partial charge is 0.406 e. The lowest BCUT2D eigenvalue weighted by atomic mass is 10.1. The first-order valence-electron chi connectivity index (χ1n) is 6.76. The highest BCUT2D eigenvalue weighted by Crippen LogP contribution is 2.27. The molecule has 23 heavy (non-hydrogen) atoms. The quantitative estimate of drug-likeness (QED) is 0.741. The predicted octanol–water partition coefficient (Wildman–Crippen LogP) is 3.23. The number of hydrogen-bond acceptors (Lipinski definition) is 3. The Morgan fingerprint density at radius 3 is 2.70 bits per heavy atom. The molecule has 0 saturated carbocycles. The Morgan fingerprint density at radius 2 is 2.00 bits per heavy atom. The van der Waals surface area contributed by atoms with Crippen molar-refractivity contribution in [3.05, 3.63) is 54.6 Å². The summed E-state index contributed by atoms with van der Waals surface area (Å²) in [5.74, 6) is -0.257. The second-order valence-corrected chi connectivity index (χ2v) is 4.98. The fraction of sp³-hybridized carbons (Fsp3) is 0.200. The van der Waals surface area contributed by atoms with Crippen LogP contribution >= 0.6 is 0 Å². The van der Waals surface area contributed by atoms with Gasteiger partial charge in [0.2, 0.25) is 0 Å². The fourth-order valence-corrected chi connectivity index (χ4v) is 2.19. The molecule has 0 saturated heterocycles. The van der Waals surface area contributed by atoms with Crippen LogP contribution in [0.2, 0.25) is 0 Å². The topological polar surface area (TPSA) is 44.9 Å². The van der Waals surface area contributed by atoms with E-state index in [-0.39, 0.29) is 5.75 Å². The van der Waals surface area contributed by atoms with E-state index >= 15 is 0 Å². The maximum atomic E-state index is 12.3. The minimum absolute atomic E-state index is 0.257. The molecule has 0 aliphatic rings. The molecule has 0 atom stereocenters. The highest BCUT2D eigenvalue weighted by molar-refractivity contribution is 5.63. The van der Waals surface area contributed by atoms with Crippen LogP contribution in [0.3, 0.4) is 0 Å². The van der Waals surface area contributed by atoms with Gasteiger partial charge in [-0.2, -0.15) is 10.2 Å². The third-order valence-corrected chi connectivity index (χ3v) is 3.13. The zero-order chi connectivity index (χ0) is 16.4. The van der Waals surface area contributed by atoms with E-state index in [2.05, 4.69) is 14.9 Å². The number of hydrogen-bond donors (Lipinski definition) is 0. The lowest BCUT2D eigenvalue weighted by Gasteiger charge is -2.09. The van der Waals surface area contributed by atoms with Crippen molar-refractivity contribution in [2.75, 3.05) is 0 Å². The third kappa shape index (κ3) is 3.91. The predicted molar refractivity (Wildman–Crippen MR) is 76.7 cm³/mol. The van der Waals surface area contributed by atoms with Crippen LogP contribution in [0, 0.1) is 0 Å². The summed E-state index contributed by atoms with van der Waals surface area (Å²) < 4.78 is 44.1. The summed E-state index contributed by atoms with van der Waals surface area (Å²) in [6.45, 7) is 0.486. The van der Waals surface area contributed by atoms with Crippen molar-refractivity contribution in [2.24, 2.45) is 7.05 Å². The van der Waals surface area contributed by atoms with Gasteiger partial charge in [-0.3, -0.25) is 9.36 Å². The van der Waals surface area contributed by atoms with Gasteiger partial charge in [-0.15, -0.1) is 13.2 Å². The molecule has 5 nitrogen and oxygen atoms in total. The molecule has 0 radical (unpaired) electrons. The summed E-state index contributed by atoms with van der Waals surface area (Å²) >= 11 is 0. The molecular weight excluding hydrogens is 309 g/mol. The van der Waals surface area contributed by atoms with E-state index in [1.54, 1.807) is 27.8 Å². The molecular formula is C15H13F3N4O. The molecule has 0 bridgehead atoms. The number of ether oxygens (including phenoxy) is 1. The number of benzene rings is 1.